The largest absolute Gasteiger partial charge is 0.481 e. The molecule has 0 saturated heterocycles. The van der Waals surface area contributed by atoms with Crippen LogP contribution in [0.5, 0.6) is 17.2 Å². The number of hydrogen-bond acceptors (Lipinski definition) is 4. The van der Waals surface area contributed by atoms with E-state index >= 15 is 0 Å². The van der Waals surface area contributed by atoms with Gasteiger partial charge in [-0.3, -0.25) is 4.79 Å². The molecule has 1 atom stereocenters. The highest BCUT2D eigenvalue weighted by Crippen LogP contribution is 2.29. The number of ether oxygens (including phenoxy) is 2. The lowest BCUT2D eigenvalue weighted by atomic mass is 10.2. The van der Waals surface area contributed by atoms with E-state index in [1.54, 1.807) is 43.3 Å². The first kappa shape index (κ1) is 18.0. The topological polar surface area (TPSA) is 71.3 Å². The number of nitriles is 1. The average molecular weight is 358 g/mol. The van der Waals surface area contributed by atoms with Crippen LogP contribution in [0, 0.1) is 11.3 Å². The molecular formula is C22H18N2O3. The van der Waals surface area contributed by atoms with Crippen molar-refractivity contribution in [3.8, 4) is 23.3 Å². The van der Waals surface area contributed by atoms with Crippen molar-refractivity contribution in [1.29, 1.82) is 5.26 Å². The monoisotopic (exact) mass is 358 g/mol. The first-order valence-corrected chi connectivity index (χ1v) is 8.45. The lowest BCUT2D eigenvalue weighted by molar-refractivity contribution is -0.122. The van der Waals surface area contributed by atoms with E-state index in [0.717, 1.165) is 0 Å². The molecule has 0 saturated carbocycles. The Morgan fingerprint density at radius 1 is 0.926 bits per heavy atom. The Balaban J connectivity index is 1.67. The molecule has 0 aliphatic rings. The van der Waals surface area contributed by atoms with Gasteiger partial charge in [0.1, 0.15) is 11.5 Å². The van der Waals surface area contributed by atoms with Crippen molar-refractivity contribution >= 4 is 11.6 Å². The third-order valence-corrected chi connectivity index (χ3v) is 3.78. The molecule has 0 heterocycles. The van der Waals surface area contributed by atoms with Crippen molar-refractivity contribution in [2.75, 3.05) is 5.32 Å². The van der Waals surface area contributed by atoms with Gasteiger partial charge in [0.15, 0.2) is 11.9 Å². The van der Waals surface area contributed by atoms with Gasteiger partial charge in [0.05, 0.1) is 17.3 Å². The molecule has 0 unspecified atom stereocenters. The highest BCUT2D eigenvalue weighted by Gasteiger charge is 2.17. The lowest BCUT2D eigenvalue weighted by Crippen LogP contribution is -2.30. The number of hydrogen-bond donors (Lipinski definition) is 1. The van der Waals surface area contributed by atoms with Gasteiger partial charge in [0, 0.05) is 0 Å². The van der Waals surface area contributed by atoms with Crippen molar-refractivity contribution in [3.05, 3.63) is 84.4 Å². The molecule has 5 heteroatoms. The summed E-state index contributed by atoms with van der Waals surface area (Å²) in [6, 6.07) is 25.2. The van der Waals surface area contributed by atoms with Gasteiger partial charge in [-0.2, -0.15) is 5.26 Å². The Morgan fingerprint density at radius 2 is 1.59 bits per heavy atom. The lowest BCUT2D eigenvalue weighted by Gasteiger charge is -2.16. The van der Waals surface area contributed by atoms with E-state index in [1.807, 2.05) is 48.5 Å². The zero-order chi connectivity index (χ0) is 19.1. The number of amides is 1. The third kappa shape index (κ3) is 4.86. The molecule has 0 fully saturated rings. The van der Waals surface area contributed by atoms with Crippen molar-refractivity contribution in [2.24, 2.45) is 0 Å². The standard InChI is InChI=1S/C22H18N2O3/c1-16(26-19-13-11-17(15-23)12-14-19)22(25)24-20-9-5-6-10-21(20)27-18-7-3-2-4-8-18/h2-14,16H,1H3,(H,24,25)/t16-/m1/s1. The minimum atomic E-state index is -0.720. The highest BCUT2D eigenvalue weighted by atomic mass is 16.5. The van der Waals surface area contributed by atoms with Crippen LogP contribution in [0.25, 0.3) is 0 Å². The van der Waals surface area contributed by atoms with Crippen LogP contribution in [0.1, 0.15) is 12.5 Å². The molecule has 27 heavy (non-hydrogen) atoms. The molecule has 1 amide bonds. The fraction of sp³-hybridized carbons (Fsp3) is 0.0909. The number of benzene rings is 3. The van der Waals surface area contributed by atoms with E-state index in [9.17, 15) is 4.79 Å². The Bertz CT molecular complexity index is 947. The Hall–Kier alpha value is -3.78. The van der Waals surface area contributed by atoms with E-state index < -0.39 is 6.10 Å². The number of nitrogens with zero attached hydrogens (tertiary/aromatic N) is 1. The Labute approximate surface area is 157 Å². The van der Waals surface area contributed by atoms with Crippen molar-refractivity contribution in [3.63, 3.8) is 0 Å². The van der Waals surface area contributed by atoms with E-state index in [2.05, 4.69) is 5.32 Å². The number of nitrogens with one attached hydrogen (secondary N) is 1. The van der Waals surface area contributed by atoms with Crippen LogP contribution < -0.4 is 14.8 Å². The van der Waals surface area contributed by atoms with E-state index in [0.29, 0.717) is 28.5 Å². The predicted octanol–water partition coefficient (Wildman–Crippen LogP) is 4.76. The first-order valence-electron chi connectivity index (χ1n) is 8.45. The molecule has 0 aromatic heterocycles. The summed E-state index contributed by atoms with van der Waals surface area (Å²) in [4.78, 5) is 12.5. The fourth-order valence-electron chi connectivity index (χ4n) is 2.37. The predicted molar refractivity (Wildman–Crippen MR) is 103 cm³/mol. The summed E-state index contributed by atoms with van der Waals surface area (Å²) in [6.45, 7) is 1.66. The molecule has 0 radical (unpaired) electrons. The summed E-state index contributed by atoms with van der Waals surface area (Å²) in [6.07, 6.45) is -0.720. The van der Waals surface area contributed by atoms with Gasteiger partial charge >= 0.3 is 0 Å². The van der Waals surface area contributed by atoms with Crippen LogP contribution in [-0.4, -0.2) is 12.0 Å². The normalized spacial score (nSPS) is 11.1. The molecule has 0 spiro atoms. The molecule has 3 aromatic carbocycles. The van der Waals surface area contributed by atoms with E-state index in [-0.39, 0.29) is 5.91 Å². The number of carbonyl (C=O) groups excluding carboxylic acids is 1. The fourth-order valence-corrected chi connectivity index (χ4v) is 2.37. The molecule has 0 aliphatic heterocycles. The van der Waals surface area contributed by atoms with E-state index in [4.69, 9.17) is 14.7 Å². The molecule has 5 nitrogen and oxygen atoms in total. The molecular weight excluding hydrogens is 340 g/mol. The molecule has 134 valence electrons. The minimum absolute atomic E-state index is 0.302. The van der Waals surface area contributed by atoms with Crippen LogP contribution in [0.2, 0.25) is 0 Å². The van der Waals surface area contributed by atoms with Gasteiger partial charge < -0.3 is 14.8 Å². The van der Waals surface area contributed by atoms with Crippen LogP contribution in [0.4, 0.5) is 5.69 Å². The quantitative estimate of drug-likeness (QED) is 0.690. The maximum Gasteiger partial charge on any atom is 0.265 e. The SMILES string of the molecule is C[C@@H](Oc1ccc(C#N)cc1)C(=O)Nc1ccccc1Oc1ccccc1. The number of anilines is 1. The zero-order valence-electron chi connectivity index (χ0n) is 14.8. The minimum Gasteiger partial charge on any atom is -0.481 e. The summed E-state index contributed by atoms with van der Waals surface area (Å²) < 4.78 is 11.5. The van der Waals surface area contributed by atoms with Crippen LogP contribution in [0.3, 0.4) is 0 Å². The average Bonchev–Trinajstić information content (AvgIpc) is 2.71. The van der Waals surface area contributed by atoms with Crippen LogP contribution in [-0.2, 0) is 4.79 Å². The van der Waals surface area contributed by atoms with Gasteiger partial charge in [0.25, 0.3) is 5.91 Å². The maximum absolute atomic E-state index is 12.5. The first-order chi connectivity index (χ1) is 13.2. The third-order valence-electron chi connectivity index (χ3n) is 3.78. The number of carbonyl (C=O) groups is 1. The van der Waals surface area contributed by atoms with Gasteiger partial charge in [-0.25, -0.2) is 0 Å². The summed E-state index contributed by atoms with van der Waals surface area (Å²) in [7, 11) is 0. The zero-order valence-corrected chi connectivity index (χ0v) is 14.8. The molecule has 0 bridgehead atoms. The van der Waals surface area contributed by atoms with Crippen LogP contribution >= 0.6 is 0 Å². The Morgan fingerprint density at radius 3 is 2.30 bits per heavy atom. The summed E-state index contributed by atoms with van der Waals surface area (Å²) in [5, 5.41) is 11.7. The second-order valence-corrected chi connectivity index (χ2v) is 5.80. The van der Waals surface area contributed by atoms with Crippen LogP contribution in [0.15, 0.2) is 78.9 Å². The van der Waals surface area contributed by atoms with Crippen molar-refractivity contribution in [1.82, 2.24) is 0 Å². The number of rotatable bonds is 6. The van der Waals surface area contributed by atoms with Crippen molar-refractivity contribution < 1.29 is 14.3 Å². The second-order valence-electron chi connectivity index (χ2n) is 5.80. The van der Waals surface area contributed by atoms with Gasteiger partial charge in [-0.1, -0.05) is 30.3 Å². The molecule has 3 aromatic rings. The second kappa shape index (κ2) is 8.54. The summed E-state index contributed by atoms with van der Waals surface area (Å²) in [5.41, 5.74) is 1.09. The molecule has 0 aliphatic carbocycles. The van der Waals surface area contributed by atoms with Gasteiger partial charge in [0.2, 0.25) is 0 Å². The Kier molecular flexibility index (Phi) is 5.70. The molecule has 1 N–H and O–H groups in total. The summed E-state index contributed by atoms with van der Waals surface area (Å²) in [5.74, 6) is 1.44. The van der Waals surface area contributed by atoms with Crippen molar-refractivity contribution in [2.45, 2.75) is 13.0 Å². The highest BCUT2D eigenvalue weighted by molar-refractivity contribution is 5.95. The maximum atomic E-state index is 12.5. The molecule has 3 rings (SSSR count). The van der Waals surface area contributed by atoms with Gasteiger partial charge in [-0.05, 0) is 55.5 Å². The van der Waals surface area contributed by atoms with Gasteiger partial charge in [-0.15, -0.1) is 0 Å². The smallest absolute Gasteiger partial charge is 0.265 e. The number of para-hydroxylation sites is 3. The summed E-state index contributed by atoms with van der Waals surface area (Å²) >= 11 is 0. The van der Waals surface area contributed by atoms with E-state index in [1.165, 1.54) is 0 Å².